The molecule has 0 aromatic heterocycles. The SMILES string of the molecule is CN(C(=O)Oc1ccc(F)cc1)C1CN(C(=O)C2CCC(F)(F)CC2)CC1c1ccc(Cl)cc1. The molecule has 1 saturated carbocycles. The fourth-order valence-electron chi connectivity index (χ4n) is 4.75. The second kappa shape index (κ2) is 9.86. The van der Waals surface area contributed by atoms with Gasteiger partial charge in [0.15, 0.2) is 0 Å². The zero-order valence-electron chi connectivity index (χ0n) is 18.7. The largest absolute Gasteiger partial charge is 0.415 e. The monoisotopic (exact) mass is 494 g/mol. The molecule has 1 aliphatic heterocycles. The van der Waals surface area contributed by atoms with E-state index in [1.54, 1.807) is 24.1 Å². The summed E-state index contributed by atoms with van der Waals surface area (Å²) in [7, 11) is 1.59. The summed E-state index contributed by atoms with van der Waals surface area (Å²) < 4.78 is 45.7. The first kappa shape index (κ1) is 24.4. The van der Waals surface area contributed by atoms with Crippen LogP contribution in [0.4, 0.5) is 18.0 Å². The van der Waals surface area contributed by atoms with E-state index in [0.717, 1.165) is 5.56 Å². The highest BCUT2D eigenvalue weighted by Crippen LogP contribution is 2.39. The lowest BCUT2D eigenvalue weighted by Gasteiger charge is -2.30. The lowest BCUT2D eigenvalue weighted by atomic mass is 9.86. The lowest BCUT2D eigenvalue weighted by Crippen LogP contribution is -2.44. The number of halogens is 4. The van der Waals surface area contributed by atoms with Crippen LogP contribution in [0.25, 0.3) is 0 Å². The number of hydrogen-bond acceptors (Lipinski definition) is 3. The summed E-state index contributed by atoms with van der Waals surface area (Å²) in [6.45, 7) is 0.611. The molecular weight excluding hydrogens is 469 g/mol. The van der Waals surface area contributed by atoms with Gasteiger partial charge in [-0.1, -0.05) is 23.7 Å². The molecule has 0 spiro atoms. The first-order valence-electron chi connectivity index (χ1n) is 11.3. The van der Waals surface area contributed by atoms with Crippen LogP contribution in [0.15, 0.2) is 48.5 Å². The van der Waals surface area contributed by atoms with Crippen molar-refractivity contribution in [2.24, 2.45) is 5.92 Å². The predicted octanol–water partition coefficient (Wildman–Crippen LogP) is 5.73. The molecule has 34 heavy (non-hydrogen) atoms. The summed E-state index contributed by atoms with van der Waals surface area (Å²) >= 11 is 6.04. The van der Waals surface area contributed by atoms with Gasteiger partial charge in [-0.25, -0.2) is 18.0 Å². The fraction of sp³-hybridized carbons (Fsp3) is 0.440. The topological polar surface area (TPSA) is 49.9 Å². The van der Waals surface area contributed by atoms with Crippen molar-refractivity contribution in [3.8, 4) is 5.75 Å². The van der Waals surface area contributed by atoms with E-state index >= 15 is 0 Å². The van der Waals surface area contributed by atoms with Crippen LogP contribution in [0.3, 0.4) is 0 Å². The standard InChI is InChI=1S/C25H26ClF3N2O3/c1-30(24(33)34-20-8-6-19(27)7-9-20)22-15-31(14-21(22)16-2-4-18(26)5-3-16)23(32)17-10-12-25(28,29)13-11-17/h2-9,17,21-22H,10-15H2,1H3. The van der Waals surface area contributed by atoms with Crippen molar-refractivity contribution in [3.05, 3.63) is 64.9 Å². The molecule has 0 N–H and O–H groups in total. The number of benzene rings is 2. The summed E-state index contributed by atoms with van der Waals surface area (Å²) in [6, 6.07) is 11.9. The van der Waals surface area contributed by atoms with Gasteiger partial charge in [0.2, 0.25) is 11.8 Å². The summed E-state index contributed by atoms with van der Waals surface area (Å²) in [4.78, 5) is 29.2. The summed E-state index contributed by atoms with van der Waals surface area (Å²) in [6.07, 6.45) is -0.902. The number of amides is 2. The van der Waals surface area contributed by atoms with E-state index in [2.05, 4.69) is 0 Å². The number of alkyl halides is 2. The highest BCUT2D eigenvalue weighted by atomic mass is 35.5. The Kier molecular flexibility index (Phi) is 7.07. The number of nitrogens with zero attached hydrogens (tertiary/aromatic N) is 2. The highest BCUT2D eigenvalue weighted by molar-refractivity contribution is 6.30. The van der Waals surface area contributed by atoms with Gasteiger partial charge in [-0.15, -0.1) is 0 Å². The summed E-state index contributed by atoms with van der Waals surface area (Å²) in [5.74, 6) is -3.76. The number of rotatable bonds is 4. The lowest BCUT2D eigenvalue weighted by molar-refractivity contribution is -0.138. The average Bonchev–Trinajstić information content (AvgIpc) is 3.25. The molecule has 0 radical (unpaired) electrons. The van der Waals surface area contributed by atoms with Gasteiger partial charge in [0.25, 0.3) is 0 Å². The van der Waals surface area contributed by atoms with Crippen LogP contribution < -0.4 is 4.74 Å². The van der Waals surface area contributed by atoms with Gasteiger partial charge in [-0.05, 0) is 54.8 Å². The molecule has 182 valence electrons. The summed E-state index contributed by atoms with van der Waals surface area (Å²) in [5.41, 5.74) is 0.904. The van der Waals surface area contributed by atoms with E-state index in [-0.39, 0.29) is 49.8 Å². The third-order valence-electron chi connectivity index (χ3n) is 6.77. The van der Waals surface area contributed by atoms with Crippen molar-refractivity contribution in [1.29, 1.82) is 0 Å². The first-order valence-corrected chi connectivity index (χ1v) is 11.6. The summed E-state index contributed by atoms with van der Waals surface area (Å²) in [5, 5.41) is 0.568. The van der Waals surface area contributed by atoms with E-state index in [0.29, 0.717) is 11.6 Å². The Bertz CT molecular complexity index is 1020. The van der Waals surface area contributed by atoms with Crippen molar-refractivity contribution in [3.63, 3.8) is 0 Å². The minimum Gasteiger partial charge on any atom is -0.410 e. The zero-order chi connectivity index (χ0) is 24.5. The number of carbonyl (C=O) groups excluding carboxylic acids is 2. The molecule has 1 heterocycles. The Morgan fingerprint density at radius 1 is 1.03 bits per heavy atom. The minimum absolute atomic E-state index is 0.154. The Balaban J connectivity index is 1.51. The van der Waals surface area contributed by atoms with Gasteiger partial charge in [-0.3, -0.25) is 4.79 Å². The number of likely N-dealkylation sites (tertiary alicyclic amines) is 1. The zero-order valence-corrected chi connectivity index (χ0v) is 19.5. The molecular formula is C25H26ClF3N2O3. The van der Waals surface area contributed by atoms with Gasteiger partial charge >= 0.3 is 6.09 Å². The van der Waals surface area contributed by atoms with Crippen LogP contribution >= 0.6 is 11.6 Å². The maximum Gasteiger partial charge on any atom is 0.415 e. The van der Waals surface area contributed by atoms with Crippen LogP contribution in [0.2, 0.25) is 5.02 Å². The van der Waals surface area contributed by atoms with E-state index in [9.17, 15) is 22.8 Å². The number of hydrogen-bond donors (Lipinski definition) is 0. The normalized spacial score (nSPS) is 22.4. The molecule has 0 bridgehead atoms. The van der Waals surface area contributed by atoms with Crippen molar-refractivity contribution in [2.45, 2.75) is 43.6 Å². The van der Waals surface area contributed by atoms with E-state index in [1.807, 2.05) is 12.1 Å². The van der Waals surface area contributed by atoms with E-state index in [4.69, 9.17) is 16.3 Å². The van der Waals surface area contributed by atoms with Crippen LogP contribution in [-0.4, -0.2) is 53.9 Å². The van der Waals surface area contributed by atoms with Gasteiger partial charge in [0, 0.05) is 49.8 Å². The molecule has 1 aliphatic carbocycles. The maximum absolute atomic E-state index is 13.6. The van der Waals surface area contributed by atoms with Crippen molar-refractivity contribution in [2.75, 3.05) is 20.1 Å². The number of ether oxygens (including phenoxy) is 1. The molecule has 2 aliphatic rings. The van der Waals surface area contributed by atoms with Crippen LogP contribution in [0.5, 0.6) is 5.75 Å². The first-order chi connectivity index (χ1) is 16.1. The van der Waals surface area contributed by atoms with E-state index < -0.39 is 29.8 Å². The second-order valence-corrected chi connectivity index (χ2v) is 9.47. The molecule has 2 aromatic carbocycles. The molecule has 2 atom stereocenters. The average molecular weight is 495 g/mol. The molecule has 1 saturated heterocycles. The molecule has 5 nitrogen and oxygen atoms in total. The Morgan fingerprint density at radius 2 is 1.65 bits per heavy atom. The molecule has 2 aromatic rings. The van der Waals surface area contributed by atoms with Crippen LogP contribution in [0, 0.1) is 11.7 Å². The number of carbonyl (C=O) groups is 2. The number of likely N-dealkylation sites (N-methyl/N-ethyl adjacent to an activating group) is 1. The van der Waals surface area contributed by atoms with Gasteiger partial charge in [0.05, 0.1) is 6.04 Å². The predicted molar refractivity (Wildman–Crippen MR) is 122 cm³/mol. The van der Waals surface area contributed by atoms with Gasteiger partial charge < -0.3 is 14.5 Å². The molecule has 4 rings (SSSR count). The fourth-order valence-corrected chi connectivity index (χ4v) is 4.88. The van der Waals surface area contributed by atoms with Crippen molar-refractivity contribution < 1.29 is 27.5 Å². The Labute approximate surface area is 201 Å². The second-order valence-electron chi connectivity index (χ2n) is 9.03. The third kappa shape index (κ3) is 5.49. The highest BCUT2D eigenvalue weighted by Gasteiger charge is 2.44. The quantitative estimate of drug-likeness (QED) is 0.545. The van der Waals surface area contributed by atoms with E-state index in [1.165, 1.54) is 29.2 Å². The maximum atomic E-state index is 13.6. The van der Waals surface area contributed by atoms with Gasteiger partial charge in [0.1, 0.15) is 11.6 Å². The smallest absolute Gasteiger partial charge is 0.410 e. The molecule has 2 amide bonds. The Hall–Kier alpha value is -2.74. The molecule has 2 unspecified atom stereocenters. The Morgan fingerprint density at radius 3 is 2.26 bits per heavy atom. The van der Waals surface area contributed by atoms with Crippen LogP contribution in [0.1, 0.15) is 37.2 Å². The van der Waals surface area contributed by atoms with Crippen molar-refractivity contribution in [1.82, 2.24) is 9.80 Å². The van der Waals surface area contributed by atoms with Crippen LogP contribution in [-0.2, 0) is 4.79 Å². The molecule has 2 fully saturated rings. The minimum atomic E-state index is -2.71. The van der Waals surface area contributed by atoms with Gasteiger partial charge in [-0.2, -0.15) is 0 Å². The third-order valence-corrected chi connectivity index (χ3v) is 7.02. The molecule has 9 heteroatoms. The van der Waals surface area contributed by atoms with Crippen molar-refractivity contribution >= 4 is 23.6 Å².